The van der Waals surface area contributed by atoms with Crippen molar-refractivity contribution in [1.29, 1.82) is 0 Å². The number of carbonyl (C=O) groups is 2. The van der Waals surface area contributed by atoms with Gasteiger partial charge >= 0.3 is 0 Å². The van der Waals surface area contributed by atoms with E-state index in [1.54, 1.807) is 36.5 Å². The minimum atomic E-state index is -1.69. The van der Waals surface area contributed by atoms with Gasteiger partial charge in [0, 0.05) is 20.8 Å². The molecule has 0 radical (unpaired) electrons. The number of carboxylic acid groups (broad SMARTS) is 2. The predicted molar refractivity (Wildman–Crippen MR) is 113 cm³/mol. The minimum absolute atomic E-state index is 0.332. The van der Waals surface area contributed by atoms with Gasteiger partial charge in [-0.15, -0.1) is 0 Å². The van der Waals surface area contributed by atoms with Crippen LogP contribution < -0.4 is 10.2 Å². The molecule has 0 saturated carbocycles. The number of hydrogen-bond acceptors (Lipinski definition) is 6. The molecule has 0 saturated heterocycles. The zero-order valence-corrected chi connectivity index (χ0v) is 20.4. The number of rotatable bonds is 6. The molecule has 0 aromatic heterocycles. The van der Waals surface area contributed by atoms with E-state index >= 15 is 0 Å². The van der Waals surface area contributed by atoms with Crippen LogP contribution in [0.2, 0.25) is 0 Å². The first kappa shape index (κ1) is 23.8. The van der Waals surface area contributed by atoms with Gasteiger partial charge in [-0.3, -0.25) is 0 Å². The Bertz CT molecular complexity index is 767. The second kappa shape index (κ2) is 9.09. The Labute approximate surface area is 194 Å². The van der Waals surface area contributed by atoms with Gasteiger partial charge in [0.1, 0.15) is 0 Å². The van der Waals surface area contributed by atoms with E-state index in [0.29, 0.717) is 8.96 Å². The molecular formula is C18H14Br4O6-2. The third kappa shape index (κ3) is 4.96. The highest BCUT2D eigenvalue weighted by molar-refractivity contribution is 9.14. The van der Waals surface area contributed by atoms with E-state index in [4.69, 9.17) is 0 Å². The predicted octanol–water partition coefficient (Wildman–Crippen LogP) is 1.66. The Hall–Kier alpha value is -0.520. The third-order valence-electron chi connectivity index (χ3n) is 4.53. The van der Waals surface area contributed by atoms with Gasteiger partial charge in [-0.05, 0) is 68.0 Å². The molecule has 0 bridgehead atoms. The van der Waals surface area contributed by atoms with Crippen molar-refractivity contribution < 1.29 is 30.0 Å². The first-order valence-electron chi connectivity index (χ1n) is 7.95. The summed E-state index contributed by atoms with van der Waals surface area (Å²) >= 11 is 12.6. The number of carboxylic acids is 2. The van der Waals surface area contributed by atoms with Gasteiger partial charge < -0.3 is 30.0 Å². The quantitative estimate of drug-likeness (QED) is 0.335. The second-order valence-electron chi connectivity index (χ2n) is 6.30. The van der Waals surface area contributed by atoms with Crippen molar-refractivity contribution in [2.24, 2.45) is 11.8 Å². The largest absolute Gasteiger partial charge is 0.545 e. The maximum absolute atomic E-state index is 11.8. The lowest BCUT2D eigenvalue weighted by atomic mass is 9.84. The molecule has 2 aliphatic carbocycles. The first-order valence-corrected chi connectivity index (χ1v) is 11.1. The van der Waals surface area contributed by atoms with Gasteiger partial charge in [-0.2, -0.15) is 0 Å². The van der Waals surface area contributed by atoms with Gasteiger partial charge in [-0.1, -0.05) is 56.2 Å². The van der Waals surface area contributed by atoms with Crippen LogP contribution in [0, 0.1) is 11.8 Å². The summed E-state index contributed by atoms with van der Waals surface area (Å²) in [6.07, 6.45) is 8.82. The van der Waals surface area contributed by atoms with E-state index in [1.165, 1.54) is 0 Å². The summed E-state index contributed by atoms with van der Waals surface area (Å²) < 4.78 is -2.49. The number of hydrogen-bond donors (Lipinski definition) is 2. The molecule has 2 rings (SSSR count). The van der Waals surface area contributed by atoms with Crippen molar-refractivity contribution in [2.45, 2.75) is 21.9 Å². The molecule has 0 aliphatic heterocycles. The third-order valence-corrected chi connectivity index (χ3v) is 9.36. The Morgan fingerprint density at radius 2 is 1.18 bits per heavy atom. The van der Waals surface area contributed by atoms with Crippen molar-refractivity contribution in [2.75, 3.05) is 0 Å². The summed E-state index contributed by atoms with van der Waals surface area (Å²) in [5.74, 6) is -4.95. The van der Waals surface area contributed by atoms with Crippen LogP contribution in [0.5, 0.6) is 0 Å². The van der Waals surface area contributed by atoms with Gasteiger partial charge in [-0.25, -0.2) is 0 Å². The number of carbonyl (C=O) groups excluding carboxylic acids is 2. The molecule has 10 heteroatoms. The van der Waals surface area contributed by atoms with Crippen LogP contribution in [0.1, 0.15) is 12.8 Å². The smallest absolute Gasteiger partial charge is 0.157 e. The number of alkyl halides is 2. The van der Waals surface area contributed by atoms with Crippen LogP contribution in [-0.2, 0) is 9.59 Å². The molecule has 4 unspecified atom stereocenters. The van der Waals surface area contributed by atoms with E-state index in [0.717, 1.165) is 0 Å². The monoisotopic (exact) mass is 642 g/mol. The van der Waals surface area contributed by atoms with E-state index in [2.05, 4.69) is 63.7 Å². The summed E-state index contributed by atoms with van der Waals surface area (Å²) in [5, 5.41) is 44.7. The first-order chi connectivity index (χ1) is 12.9. The number of allylic oxidation sites excluding steroid dienone is 4. The van der Waals surface area contributed by atoms with E-state index < -0.39 is 43.9 Å². The maximum atomic E-state index is 11.8. The van der Waals surface area contributed by atoms with Crippen LogP contribution in [0.15, 0.2) is 56.6 Å². The highest BCUT2D eigenvalue weighted by Gasteiger charge is 2.40. The summed E-state index contributed by atoms with van der Waals surface area (Å²) in [5.41, 5.74) is -1.03. The Morgan fingerprint density at radius 1 is 0.857 bits per heavy atom. The van der Waals surface area contributed by atoms with Crippen molar-refractivity contribution in [3.8, 4) is 0 Å². The van der Waals surface area contributed by atoms with Crippen molar-refractivity contribution in [1.82, 2.24) is 0 Å². The van der Waals surface area contributed by atoms with E-state index in [9.17, 15) is 30.0 Å². The topological polar surface area (TPSA) is 121 Å². The molecule has 0 heterocycles. The Balaban J connectivity index is 2.43. The van der Waals surface area contributed by atoms with Gasteiger partial charge in [0.15, 0.2) is 9.02 Å². The van der Waals surface area contributed by atoms with Crippen molar-refractivity contribution in [3.63, 3.8) is 0 Å². The zero-order valence-electron chi connectivity index (χ0n) is 14.1. The fourth-order valence-corrected chi connectivity index (χ4v) is 4.68. The molecule has 0 aromatic rings. The second-order valence-corrected chi connectivity index (χ2v) is 10.4. The summed E-state index contributed by atoms with van der Waals surface area (Å²) in [7, 11) is 0. The number of aliphatic carboxylic acids is 2. The number of halogens is 4. The minimum Gasteiger partial charge on any atom is -0.545 e. The van der Waals surface area contributed by atoms with Crippen molar-refractivity contribution in [3.05, 3.63) is 56.6 Å². The molecular weight excluding hydrogens is 632 g/mol. The van der Waals surface area contributed by atoms with E-state index in [-0.39, 0.29) is 12.8 Å². The average molecular weight is 646 g/mol. The fourth-order valence-electron chi connectivity index (χ4n) is 2.90. The van der Waals surface area contributed by atoms with E-state index in [1.807, 2.05) is 0 Å². The number of aliphatic hydroxyl groups is 2. The van der Waals surface area contributed by atoms with Crippen molar-refractivity contribution >= 4 is 75.7 Å². The lowest BCUT2D eigenvalue weighted by Crippen LogP contribution is -2.39. The van der Waals surface area contributed by atoms with Crippen LogP contribution in [-0.4, -0.2) is 31.2 Å². The maximum Gasteiger partial charge on any atom is 0.157 e. The summed E-state index contributed by atoms with van der Waals surface area (Å²) in [6.45, 7) is 0. The Morgan fingerprint density at radius 3 is 1.46 bits per heavy atom. The highest BCUT2D eigenvalue weighted by Crippen LogP contribution is 2.45. The molecule has 2 N–H and O–H groups in total. The molecule has 0 fully saturated rings. The standard InChI is InChI=1S/C18H16Br4O6/c19-13-5-1-3-9(17(13,21)27)7-11(15(23)24)12(16(25)26)8-10-4-2-6-14(20)18(10,22)28/h1-6,9-10,27-28H,7-8H2,(H,23,24)(H,25,26)/p-2. The van der Waals surface area contributed by atoms with Gasteiger partial charge in [0.2, 0.25) is 0 Å². The fraction of sp³-hybridized carbons (Fsp3) is 0.333. The molecule has 4 atom stereocenters. The molecule has 152 valence electrons. The Kier molecular flexibility index (Phi) is 7.72. The zero-order chi connectivity index (χ0) is 21.3. The average Bonchev–Trinajstić information content (AvgIpc) is 2.58. The van der Waals surface area contributed by atoms with Gasteiger partial charge in [0.25, 0.3) is 0 Å². The summed E-state index contributed by atoms with van der Waals surface area (Å²) in [6, 6.07) is 0. The molecule has 0 spiro atoms. The lowest BCUT2D eigenvalue weighted by molar-refractivity contribution is -0.304. The highest BCUT2D eigenvalue weighted by atomic mass is 79.9. The SMILES string of the molecule is O=C([O-])C(CC1C=CC=C(Br)C1(O)Br)=C(CC1C=CC=C(Br)C1(O)Br)C(=O)[O-]. The van der Waals surface area contributed by atoms with Crippen LogP contribution in [0.3, 0.4) is 0 Å². The molecule has 28 heavy (non-hydrogen) atoms. The normalized spacial score (nSPS) is 33.1. The van der Waals surface area contributed by atoms with Gasteiger partial charge in [0.05, 0.1) is 11.9 Å². The van der Waals surface area contributed by atoms with Crippen LogP contribution >= 0.6 is 63.7 Å². The molecule has 2 aliphatic rings. The van der Waals surface area contributed by atoms with Crippen LogP contribution in [0.25, 0.3) is 0 Å². The molecule has 0 aromatic carbocycles. The molecule has 6 nitrogen and oxygen atoms in total. The molecule has 0 amide bonds. The van der Waals surface area contributed by atoms with Crippen LogP contribution in [0.4, 0.5) is 0 Å². The summed E-state index contributed by atoms with van der Waals surface area (Å²) in [4.78, 5) is 23.5. The lowest BCUT2D eigenvalue weighted by Gasteiger charge is -2.35.